The fraction of sp³-hybridized carbons (Fsp3) is 0.625. The van der Waals surface area contributed by atoms with Gasteiger partial charge in [0.15, 0.2) is 0 Å². The highest BCUT2D eigenvalue weighted by molar-refractivity contribution is 5.33. The first-order chi connectivity index (χ1) is 9.69. The van der Waals surface area contributed by atoms with Gasteiger partial charge in [-0.1, -0.05) is 18.2 Å². The van der Waals surface area contributed by atoms with Crippen LogP contribution >= 0.6 is 0 Å². The van der Waals surface area contributed by atoms with Crippen molar-refractivity contribution in [1.82, 2.24) is 9.80 Å². The van der Waals surface area contributed by atoms with Gasteiger partial charge in [0.1, 0.15) is 5.75 Å². The molecule has 0 bridgehead atoms. The third-order valence-electron chi connectivity index (χ3n) is 3.97. The monoisotopic (exact) mass is 277 g/mol. The molecule has 1 unspecified atom stereocenters. The minimum absolute atomic E-state index is 0.224. The number of rotatable bonds is 6. The van der Waals surface area contributed by atoms with E-state index in [1.165, 1.54) is 26.2 Å². The Morgan fingerprint density at radius 1 is 1.20 bits per heavy atom. The summed E-state index contributed by atoms with van der Waals surface area (Å²) in [7, 11) is 2.19. The highest BCUT2D eigenvalue weighted by Crippen LogP contribution is 2.19. The summed E-state index contributed by atoms with van der Waals surface area (Å²) in [5.74, 6) is 0.931. The minimum Gasteiger partial charge on any atom is -0.490 e. The van der Waals surface area contributed by atoms with Gasteiger partial charge in [-0.3, -0.25) is 0 Å². The molecule has 1 aliphatic heterocycles. The van der Waals surface area contributed by atoms with E-state index >= 15 is 0 Å². The molecule has 0 spiro atoms. The van der Waals surface area contributed by atoms with Crippen LogP contribution in [-0.4, -0.2) is 55.7 Å². The number of nitrogens with two attached hydrogens (primary N) is 1. The van der Waals surface area contributed by atoms with Crippen LogP contribution in [0.15, 0.2) is 24.3 Å². The van der Waals surface area contributed by atoms with Gasteiger partial charge in [0.2, 0.25) is 0 Å². The quantitative estimate of drug-likeness (QED) is 0.856. The van der Waals surface area contributed by atoms with Gasteiger partial charge in [-0.05, 0) is 26.5 Å². The van der Waals surface area contributed by atoms with Crippen molar-refractivity contribution < 1.29 is 4.74 Å². The van der Waals surface area contributed by atoms with Crippen LogP contribution in [0.3, 0.4) is 0 Å². The van der Waals surface area contributed by atoms with E-state index in [1.807, 2.05) is 24.3 Å². The van der Waals surface area contributed by atoms with Crippen LogP contribution in [0.1, 0.15) is 18.9 Å². The summed E-state index contributed by atoms with van der Waals surface area (Å²) in [6, 6.07) is 8.04. The van der Waals surface area contributed by atoms with Gasteiger partial charge in [0, 0.05) is 44.8 Å². The molecular formula is C16H27N3O. The molecule has 0 aromatic heterocycles. The summed E-state index contributed by atoms with van der Waals surface area (Å²) in [5, 5.41) is 0. The lowest BCUT2D eigenvalue weighted by molar-refractivity contribution is 0.128. The molecule has 0 amide bonds. The molecule has 0 saturated carbocycles. The molecule has 1 fully saturated rings. The van der Waals surface area contributed by atoms with Gasteiger partial charge in [-0.15, -0.1) is 0 Å². The molecule has 20 heavy (non-hydrogen) atoms. The number of ether oxygens (including phenoxy) is 1. The third kappa shape index (κ3) is 4.47. The van der Waals surface area contributed by atoms with Crippen molar-refractivity contribution in [3.63, 3.8) is 0 Å². The van der Waals surface area contributed by atoms with Crippen molar-refractivity contribution in [2.45, 2.75) is 26.0 Å². The Bertz CT molecular complexity index is 402. The molecule has 1 atom stereocenters. The second-order valence-electron chi connectivity index (χ2n) is 5.67. The van der Waals surface area contributed by atoms with E-state index in [0.717, 1.165) is 24.3 Å². The molecule has 112 valence electrons. The molecule has 1 heterocycles. The molecular weight excluding hydrogens is 250 g/mol. The average molecular weight is 277 g/mol. The largest absolute Gasteiger partial charge is 0.490 e. The molecule has 1 aromatic rings. The maximum Gasteiger partial charge on any atom is 0.124 e. The van der Waals surface area contributed by atoms with Gasteiger partial charge in [-0.25, -0.2) is 0 Å². The summed E-state index contributed by atoms with van der Waals surface area (Å²) >= 11 is 0. The number of piperazine rings is 1. The zero-order valence-electron chi connectivity index (χ0n) is 12.7. The average Bonchev–Trinajstić information content (AvgIpc) is 2.47. The predicted molar refractivity (Wildman–Crippen MR) is 83.0 cm³/mol. The van der Waals surface area contributed by atoms with Crippen LogP contribution in [0.25, 0.3) is 0 Å². The smallest absolute Gasteiger partial charge is 0.124 e. The van der Waals surface area contributed by atoms with Gasteiger partial charge in [-0.2, -0.15) is 0 Å². The summed E-state index contributed by atoms with van der Waals surface area (Å²) in [6.45, 7) is 8.46. The molecule has 4 heteroatoms. The number of benzene rings is 1. The second kappa shape index (κ2) is 7.62. The van der Waals surface area contributed by atoms with Crippen molar-refractivity contribution in [3.05, 3.63) is 29.8 Å². The Morgan fingerprint density at radius 2 is 1.90 bits per heavy atom. The first-order valence-electron chi connectivity index (χ1n) is 7.54. The standard InChI is InChI=1S/C16H27N3O/c1-14(7-8-19-11-9-18(2)10-12-19)20-16-6-4-3-5-15(16)13-17/h3-6,14H,7-13,17H2,1-2H3. The fourth-order valence-electron chi connectivity index (χ4n) is 2.50. The van der Waals surface area contributed by atoms with Gasteiger partial charge in [0.25, 0.3) is 0 Å². The van der Waals surface area contributed by atoms with Gasteiger partial charge >= 0.3 is 0 Å². The minimum atomic E-state index is 0.224. The number of hydrogen-bond acceptors (Lipinski definition) is 4. The maximum absolute atomic E-state index is 6.03. The highest BCUT2D eigenvalue weighted by Gasteiger charge is 2.15. The summed E-state index contributed by atoms with van der Waals surface area (Å²) in [6.07, 6.45) is 1.28. The molecule has 1 aromatic carbocycles. The summed E-state index contributed by atoms with van der Waals surface area (Å²) in [4.78, 5) is 4.91. The van der Waals surface area contributed by atoms with Crippen molar-refractivity contribution >= 4 is 0 Å². The van der Waals surface area contributed by atoms with E-state index in [0.29, 0.717) is 6.54 Å². The molecule has 1 saturated heterocycles. The highest BCUT2D eigenvalue weighted by atomic mass is 16.5. The van der Waals surface area contributed by atoms with Crippen LogP contribution in [0, 0.1) is 0 Å². The number of likely N-dealkylation sites (N-methyl/N-ethyl adjacent to an activating group) is 1. The lowest BCUT2D eigenvalue weighted by Gasteiger charge is -2.32. The Kier molecular flexibility index (Phi) is 5.83. The van der Waals surface area contributed by atoms with E-state index in [-0.39, 0.29) is 6.10 Å². The SMILES string of the molecule is CC(CCN1CCN(C)CC1)Oc1ccccc1CN. The summed E-state index contributed by atoms with van der Waals surface area (Å²) < 4.78 is 6.03. The lowest BCUT2D eigenvalue weighted by atomic mass is 10.2. The van der Waals surface area contributed by atoms with Gasteiger partial charge in [0.05, 0.1) is 6.10 Å². The van der Waals surface area contributed by atoms with E-state index in [1.54, 1.807) is 0 Å². The third-order valence-corrected chi connectivity index (χ3v) is 3.97. The van der Waals surface area contributed by atoms with Crippen LogP contribution < -0.4 is 10.5 Å². The number of nitrogens with zero attached hydrogens (tertiary/aromatic N) is 2. The molecule has 4 nitrogen and oxygen atoms in total. The Hall–Kier alpha value is -1.10. The fourth-order valence-corrected chi connectivity index (χ4v) is 2.50. The van der Waals surface area contributed by atoms with E-state index < -0.39 is 0 Å². The van der Waals surface area contributed by atoms with Crippen LogP contribution in [-0.2, 0) is 6.54 Å². The van der Waals surface area contributed by atoms with Crippen molar-refractivity contribution in [3.8, 4) is 5.75 Å². The van der Waals surface area contributed by atoms with Crippen molar-refractivity contribution in [2.24, 2.45) is 5.73 Å². The first kappa shape index (κ1) is 15.3. The zero-order valence-corrected chi connectivity index (χ0v) is 12.7. The van der Waals surface area contributed by atoms with E-state index in [4.69, 9.17) is 10.5 Å². The van der Waals surface area contributed by atoms with Crippen LogP contribution in [0.4, 0.5) is 0 Å². The van der Waals surface area contributed by atoms with Crippen molar-refractivity contribution in [1.29, 1.82) is 0 Å². The van der Waals surface area contributed by atoms with Crippen LogP contribution in [0.5, 0.6) is 5.75 Å². The van der Waals surface area contributed by atoms with Gasteiger partial charge < -0.3 is 20.3 Å². The number of para-hydroxylation sites is 1. The molecule has 0 radical (unpaired) electrons. The summed E-state index contributed by atoms with van der Waals surface area (Å²) in [5.41, 5.74) is 6.82. The van der Waals surface area contributed by atoms with Crippen LogP contribution in [0.2, 0.25) is 0 Å². The lowest BCUT2D eigenvalue weighted by Crippen LogP contribution is -2.45. The Balaban J connectivity index is 1.76. The molecule has 2 rings (SSSR count). The second-order valence-corrected chi connectivity index (χ2v) is 5.67. The molecule has 0 aliphatic carbocycles. The van der Waals surface area contributed by atoms with E-state index in [2.05, 4.69) is 23.8 Å². The molecule has 2 N–H and O–H groups in total. The zero-order chi connectivity index (χ0) is 14.4. The predicted octanol–water partition coefficient (Wildman–Crippen LogP) is 1.55. The normalized spacial score (nSPS) is 18.9. The topological polar surface area (TPSA) is 41.7 Å². The van der Waals surface area contributed by atoms with Crippen molar-refractivity contribution in [2.75, 3.05) is 39.8 Å². The first-order valence-corrected chi connectivity index (χ1v) is 7.54. The molecule has 1 aliphatic rings. The number of hydrogen-bond donors (Lipinski definition) is 1. The Labute approximate surface area is 122 Å². The maximum atomic E-state index is 6.03. The Morgan fingerprint density at radius 3 is 2.60 bits per heavy atom. The van der Waals surface area contributed by atoms with E-state index in [9.17, 15) is 0 Å².